The summed E-state index contributed by atoms with van der Waals surface area (Å²) in [6, 6.07) is 1.75. The Morgan fingerprint density at radius 3 is 2.10 bits per heavy atom. The monoisotopic (exact) mass is 447 g/mol. The molecule has 0 aromatic heterocycles. The van der Waals surface area contributed by atoms with Crippen molar-refractivity contribution in [1.82, 2.24) is 14.7 Å². The second kappa shape index (κ2) is 9.71. The fourth-order valence-electron chi connectivity index (χ4n) is 6.07. The van der Waals surface area contributed by atoms with Gasteiger partial charge in [-0.3, -0.25) is 4.90 Å². The van der Waals surface area contributed by atoms with Crippen LogP contribution in [0.15, 0.2) is 24.6 Å². The maximum Gasteiger partial charge on any atom is 0.0484 e. The van der Waals surface area contributed by atoms with Crippen LogP contribution >= 0.6 is 12.6 Å². The van der Waals surface area contributed by atoms with Gasteiger partial charge in [-0.1, -0.05) is 33.9 Å². The summed E-state index contributed by atoms with van der Waals surface area (Å²) in [4.78, 5) is 7.96. The quantitative estimate of drug-likeness (QED) is 0.497. The highest BCUT2D eigenvalue weighted by atomic mass is 32.1. The summed E-state index contributed by atoms with van der Waals surface area (Å²) < 4.78 is 0. The van der Waals surface area contributed by atoms with E-state index in [9.17, 15) is 0 Å². The number of nitrogens with zero attached hydrogens (tertiary/aromatic N) is 3. The minimum atomic E-state index is 0.194. The Balaban J connectivity index is 1.73. The van der Waals surface area contributed by atoms with Gasteiger partial charge in [0.25, 0.3) is 0 Å². The molecule has 3 nitrogen and oxygen atoms in total. The first-order valence-corrected chi connectivity index (χ1v) is 13.3. The van der Waals surface area contributed by atoms with E-state index in [2.05, 4.69) is 76.3 Å². The Morgan fingerprint density at radius 2 is 1.58 bits per heavy atom. The molecule has 3 aliphatic rings. The maximum atomic E-state index is 5.00. The van der Waals surface area contributed by atoms with Gasteiger partial charge in [0.2, 0.25) is 0 Å². The van der Waals surface area contributed by atoms with Crippen molar-refractivity contribution in [2.45, 2.75) is 109 Å². The highest BCUT2D eigenvalue weighted by Crippen LogP contribution is 2.39. The van der Waals surface area contributed by atoms with Gasteiger partial charge in [0.1, 0.15) is 0 Å². The van der Waals surface area contributed by atoms with Crippen LogP contribution in [0.1, 0.15) is 80.6 Å². The SMILES string of the molecule is C=C(C1CN(C(C)(C)C)C[C@H]1S)N1C[C@@H](N(C(=C)C(C)C)C2CCC(C)CC2)CC1C. The number of likely N-dealkylation sites (tertiary alicyclic amines) is 2. The van der Waals surface area contributed by atoms with Crippen LogP contribution in [-0.2, 0) is 0 Å². The summed E-state index contributed by atoms with van der Waals surface area (Å²) in [5.74, 6) is 1.83. The number of thiol groups is 1. The second-order valence-corrected chi connectivity index (χ2v) is 12.8. The van der Waals surface area contributed by atoms with Gasteiger partial charge in [0, 0.05) is 65.9 Å². The Bertz CT molecular complexity index is 643. The molecule has 0 aromatic carbocycles. The van der Waals surface area contributed by atoms with Crippen LogP contribution in [0.4, 0.5) is 0 Å². The number of allylic oxidation sites excluding steroid dienone is 1. The number of rotatable bonds is 6. The summed E-state index contributed by atoms with van der Waals surface area (Å²) in [5.41, 5.74) is 2.85. The molecule has 1 saturated carbocycles. The zero-order chi connectivity index (χ0) is 23.1. The third kappa shape index (κ3) is 5.49. The molecule has 31 heavy (non-hydrogen) atoms. The molecule has 2 aliphatic heterocycles. The van der Waals surface area contributed by atoms with E-state index in [1.54, 1.807) is 0 Å². The summed E-state index contributed by atoms with van der Waals surface area (Å²) >= 11 is 5.00. The average molecular weight is 448 g/mol. The summed E-state index contributed by atoms with van der Waals surface area (Å²) in [5, 5.41) is 0.375. The van der Waals surface area contributed by atoms with Crippen molar-refractivity contribution < 1.29 is 0 Å². The molecule has 2 heterocycles. The molecule has 4 heteroatoms. The fourth-order valence-corrected chi connectivity index (χ4v) is 6.53. The number of hydrogen-bond donors (Lipinski definition) is 1. The van der Waals surface area contributed by atoms with E-state index < -0.39 is 0 Å². The standard InChI is InChI=1S/C27H49N3S/c1-18(2)21(5)30(23-12-10-19(3)11-13-23)24-14-20(4)29(15-24)22(6)25-16-28(17-26(25)31)27(7,8)9/h18-20,23-26,31H,5-6,10-17H2,1-4,7-9H3/t19?,20?,23?,24-,25?,26+/m0/s1. The predicted molar refractivity (Wildman–Crippen MR) is 139 cm³/mol. The van der Waals surface area contributed by atoms with Crippen molar-refractivity contribution in [3.63, 3.8) is 0 Å². The van der Waals surface area contributed by atoms with E-state index in [1.165, 1.54) is 43.5 Å². The molecule has 3 rings (SSSR count). The van der Waals surface area contributed by atoms with E-state index in [0.29, 0.717) is 35.2 Å². The van der Waals surface area contributed by atoms with Gasteiger partial charge in [-0.15, -0.1) is 0 Å². The molecule has 0 radical (unpaired) electrons. The van der Waals surface area contributed by atoms with Crippen LogP contribution < -0.4 is 0 Å². The smallest absolute Gasteiger partial charge is 0.0484 e. The normalized spacial score (nSPS) is 35.1. The first kappa shape index (κ1) is 25.0. The Kier molecular flexibility index (Phi) is 7.84. The first-order valence-electron chi connectivity index (χ1n) is 12.8. The molecule has 0 aromatic rings. The molecule has 3 fully saturated rings. The largest absolute Gasteiger partial charge is 0.370 e. The van der Waals surface area contributed by atoms with Crippen molar-refractivity contribution in [3.8, 4) is 0 Å². The number of hydrogen-bond acceptors (Lipinski definition) is 4. The lowest BCUT2D eigenvalue weighted by Gasteiger charge is -2.44. The van der Waals surface area contributed by atoms with Crippen LogP contribution in [0, 0.1) is 17.8 Å². The Morgan fingerprint density at radius 1 is 0.968 bits per heavy atom. The van der Waals surface area contributed by atoms with Crippen LogP contribution in [0.3, 0.4) is 0 Å². The summed E-state index contributed by atoms with van der Waals surface area (Å²) in [6.07, 6.45) is 6.57. The lowest BCUT2D eigenvalue weighted by molar-refractivity contribution is 0.122. The predicted octanol–water partition coefficient (Wildman–Crippen LogP) is 6.04. The zero-order valence-electron chi connectivity index (χ0n) is 21.4. The molecule has 4 atom stereocenters. The lowest BCUT2D eigenvalue weighted by atomic mass is 9.85. The highest BCUT2D eigenvalue weighted by Gasteiger charge is 2.43. The summed E-state index contributed by atoms with van der Waals surface area (Å²) in [6.45, 7) is 28.8. The molecule has 2 saturated heterocycles. The van der Waals surface area contributed by atoms with Crippen molar-refractivity contribution in [1.29, 1.82) is 0 Å². The first-order chi connectivity index (χ1) is 14.4. The van der Waals surface area contributed by atoms with E-state index in [1.807, 2.05) is 0 Å². The van der Waals surface area contributed by atoms with E-state index in [0.717, 1.165) is 25.6 Å². The molecular formula is C27H49N3S. The van der Waals surface area contributed by atoms with Gasteiger partial charge in [0.15, 0.2) is 0 Å². The van der Waals surface area contributed by atoms with Gasteiger partial charge in [-0.05, 0) is 71.6 Å². The molecule has 178 valence electrons. The maximum absolute atomic E-state index is 5.00. The van der Waals surface area contributed by atoms with E-state index >= 15 is 0 Å². The van der Waals surface area contributed by atoms with Crippen molar-refractivity contribution >= 4 is 12.6 Å². The molecule has 0 bridgehead atoms. The van der Waals surface area contributed by atoms with Gasteiger partial charge in [-0.2, -0.15) is 12.6 Å². The Hall–Kier alpha value is -0.610. The van der Waals surface area contributed by atoms with Crippen molar-refractivity contribution in [3.05, 3.63) is 24.6 Å². The molecular weight excluding hydrogens is 398 g/mol. The van der Waals surface area contributed by atoms with Gasteiger partial charge < -0.3 is 9.80 Å². The average Bonchev–Trinajstić information content (AvgIpc) is 3.25. The molecule has 0 spiro atoms. The molecule has 0 N–H and O–H groups in total. The topological polar surface area (TPSA) is 9.72 Å². The van der Waals surface area contributed by atoms with E-state index in [4.69, 9.17) is 12.6 Å². The lowest BCUT2D eigenvalue weighted by Crippen LogP contribution is -2.46. The molecule has 2 unspecified atom stereocenters. The van der Waals surface area contributed by atoms with Crippen molar-refractivity contribution in [2.75, 3.05) is 19.6 Å². The van der Waals surface area contributed by atoms with Gasteiger partial charge in [-0.25, -0.2) is 0 Å². The van der Waals surface area contributed by atoms with Crippen molar-refractivity contribution in [2.24, 2.45) is 17.8 Å². The van der Waals surface area contributed by atoms with Crippen LogP contribution in [0.2, 0.25) is 0 Å². The highest BCUT2D eigenvalue weighted by molar-refractivity contribution is 7.81. The van der Waals surface area contributed by atoms with Crippen LogP contribution in [0.5, 0.6) is 0 Å². The van der Waals surface area contributed by atoms with Crippen LogP contribution in [-0.4, -0.2) is 63.2 Å². The van der Waals surface area contributed by atoms with E-state index in [-0.39, 0.29) is 5.54 Å². The fraction of sp³-hybridized carbons (Fsp3) is 0.852. The third-order valence-electron chi connectivity index (χ3n) is 8.36. The minimum absolute atomic E-state index is 0.194. The minimum Gasteiger partial charge on any atom is -0.370 e. The molecule has 0 amide bonds. The molecule has 1 aliphatic carbocycles. The van der Waals surface area contributed by atoms with Gasteiger partial charge in [0.05, 0.1) is 0 Å². The van der Waals surface area contributed by atoms with Crippen LogP contribution in [0.25, 0.3) is 0 Å². The zero-order valence-corrected chi connectivity index (χ0v) is 22.3. The summed E-state index contributed by atoms with van der Waals surface area (Å²) in [7, 11) is 0. The third-order valence-corrected chi connectivity index (χ3v) is 8.88. The van der Waals surface area contributed by atoms with Gasteiger partial charge >= 0.3 is 0 Å². The Labute approximate surface area is 198 Å². The second-order valence-electron chi connectivity index (χ2n) is 12.1.